The van der Waals surface area contributed by atoms with Gasteiger partial charge in [-0.3, -0.25) is 5.41 Å². The number of nitrogens with zero attached hydrogens (tertiary/aromatic N) is 5. The third kappa shape index (κ3) is 3.87. The summed E-state index contributed by atoms with van der Waals surface area (Å²) in [6, 6.07) is 7.82. The minimum absolute atomic E-state index is 0.00873. The highest BCUT2D eigenvalue weighted by molar-refractivity contribution is 7.18. The fraction of sp³-hybridized carbons (Fsp3) is 0.462. The molecule has 35 heavy (non-hydrogen) atoms. The molecule has 3 N–H and O–H groups in total. The monoisotopic (exact) mass is 487 g/mol. The van der Waals surface area contributed by atoms with Crippen LogP contribution < -0.4 is 15.5 Å². The number of benzene rings is 1. The lowest BCUT2D eigenvalue weighted by atomic mass is 10.0. The summed E-state index contributed by atoms with van der Waals surface area (Å²) in [6.07, 6.45) is 10.5. The molecule has 0 bridgehead atoms. The molecule has 2 saturated carbocycles. The van der Waals surface area contributed by atoms with Gasteiger partial charge in [0.05, 0.1) is 27.5 Å². The number of morpholine rings is 1. The van der Waals surface area contributed by atoms with Crippen LogP contribution >= 0.6 is 11.3 Å². The molecule has 2 spiro atoms. The summed E-state index contributed by atoms with van der Waals surface area (Å²) in [7, 11) is 0. The van der Waals surface area contributed by atoms with Gasteiger partial charge in [-0.1, -0.05) is 17.4 Å². The summed E-state index contributed by atoms with van der Waals surface area (Å²) in [5.74, 6) is 0.869. The lowest BCUT2D eigenvalue weighted by Crippen LogP contribution is -2.50. The van der Waals surface area contributed by atoms with Crippen molar-refractivity contribution < 1.29 is 4.74 Å². The number of ether oxygens (including phenoxy) is 1. The van der Waals surface area contributed by atoms with Crippen molar-refractivity contribution in [3.05, 3.63) is 48.0 Å². The van der Waals surface area contributed by atoms with E-state index in [1.54, 1.807) is 17.7 Å². The summed E-state index contributed by atoms with van der Waals surface area (Å²) in [6.45, 7) is 3.87. The second-order valence-electron chi connectivity index (χ2n) is 10.5. The van der Waals surface area contributed by atoms with Crippen LogP contribution in [-0.4, -0.2) is 58.0 Å². The van der Waals surface area contributed by atoms with Crippen LogP contribution in [0.1, 0.15) is 49.8 Å². The Hall–Kier alpha value is -3.04. The van der Waals surface area contributed by atoms with Crippen LogP contribution in [0.3, 0.4) is 0 Å². The van der Waals surface area contributed by atoms with Crippen molar-refractivity contribution in [3.8, 4) is 10.4 Å². The van der Waals surface area contributed by atoms with Gasteiger partial charge in [0.15, 0.2) is 5.13 Å². The molecule has 0 atom stereocenters. The fourth-order valence-electron chi connectivity index (χ4n) is 5.41. The molecule has 180 valence electrons. The van der Waals surface area contributed by atoms with Gasteiger partial charge in [0.25, 0.3) is 0 Å². The maximum Gasteiger partial charge on any atom is 0.185 e. The van der Waals surface area contributed by atoms with E-state index >= 15 is 0 Å². The zero-order valence-electron chi connectivity index (χ0n) is 19.7. The predicted octanol–water partition coefficient (Wildman–Crippen LogP) is 4.10. The van der Waals surface area contributed by atoms with E-state index in [0.29, 0.717) is 22.7 Å². The van der Waals surface area contributed by atoms with E-state index in [1.807, 2.05) is 30.5 Å². The highest BCUT2D eigenvalue weighted by atomic mass is 32.1. The Morgan fingerprint density at radius 2 is 1.71 bits per heavy atom. The van der Waals surface area contributed by atoms with E-state index in [4.69, 9.17) is 15.9 Å². The topological polar surface area (TPSA) is 104 Å². The number of nitrogen functional groups attached to an aromatic ring is 1. The van der Waals surface area contributed by atoms with Gasteiger partial charge in [-0.25, -0.2) is 15.0 Å². The minimum Gasteiger partial charge on any atom is -0.398 e. The molecule has 0 unspecified atom stereocenters. The molecule has 4 aliphatic rings. The molecule has 8 nitrogen and oxygen atoms in total. The first-order valence-electron chi connectivity index (χ1n) is 12.5. The molecule has 2 aliphatic carbocycles. The number of rotatable bonds is 5. The van der Waals surface area contributed by atoms with Gasteiger partial charge in [0, 0.05) is 49.7 Å². The molecule has 1 aromatic carbocycles. The van der Waals surface area contributed by atoms with Crippen molar-refractivity contribution in [2.75, 3.05) is 41.7 Å². The second kappa shape index (κ2) is 7.73. The van der Waals surface area contributed by atoms with Gasteiger partial charge in [0.1, 0.15) is 12.1 Å². The van der Waals surface area contributed by atoms with Crippen LogP contribution in [0.4, 0.5) is 16.6 Å². The third-order valence-electron chi connectivity index (χ3n) is 7.72. The van der Waals surface area contributed by atoms with Crippen molar-refractivity contribution in [3.63, 3.8) is 0 Å². The van der Waals surface area contributed by atoms with E-state index in [-0.39, 0.29) is 11.2 Å². The molecule has 7 rings (SSSR count). The first-order valence-corrected chi connectivity index (χ1v) is 13.3. The summed E-state index contributed by atoms with van der Waals surface area (Å²) in [4.78, 5) is 19.4. The zero-order valence-corrected chi connectivity index (χ0v) is 20.5. The second-order valence-corrected chi connectivity index (χ2v) is 11.5. The maximum absolute atomic E-state index is 8.97. The largest absolute Gasteiger partial charge is 0.398 e. The molecule has 2 aromatic heterocycles. The number of aromatic nitrogens is 3. The number of anilines is 3. The standard InChI is InChI=1S/C26H29N7OS/c27-19-4-3-17(21-13-29-24(35-21)32-9-1-2-10-32)11-18(19)23(28)20-12-22(31-16-30-20)33-14-25(5-6-25)34-26(15-33)7-8-26/h3-4,11-13,16,28H,1-2,5-10,14-15,27H2. The van der Waals surface area contributed by atoms with Crippen LogP contribution in [-0.2, 0) is 4.74 Å². The molecule has 3 aromatic rings. The molecule has 4 fully saturated rings. The smallest absolute Gasteiger partial charge is 0.185 e. The van der Waals surface area contributed by atoms with Crippen molar-refractivity contribution >= 4 is 33.7 Å². The summed E-state index contributed by atoms with van der Waals surface area (Å²) in [5.41, 5.74) is 9.54. The first kappa shape index (κ1) is 21.3. The molecule has 2 aliphatic heterocycles. The SMILES string of the molecule is N=C(c1cc(N2CC3(CC3)OC3(CC3)C2)ncn1)c1cc(-c2cnc(N3CCCC3)s2)ccc1N. The summed E-state index contributed by atoms with van der Waals surface area (Å²) >= 11 is 1.70. The normalized spacial score (nSPS) is 21.6. The number of thiazole rings is 1. The molecular formula is C26H29N7OS. The van der Waals surface area contributed by atoms with Gasteiger partial charge in [-0.15, -0.1) is 0 Å². The van der Waals surface area contributed by atoms with Gasteiger partial charge < -0.3 is 20.3 Å². The van der Waals surface area contributed by atoms with Gasteiger partial charge in [-0.05, 0) is 56.2 Å². The van der Waals surface area contributed by atoms with Crippen molar-refractivity contribution in [2.45, 2.75) is 49.7 Å². The highest BCUT2D eigenvalue weighted by Gasteiger charge is 2.60. The van der Waals surface area contributed by atoms with Gasteiger partial charge >= 0.3 is 0 Å². The minimum atomic E-state index is 0.00873. The van der Waals surface area contributed by atoms with Crippen LogP contribution in [0.15, 0.2) is 36.8 Å². The lowest BCUT2D eigenvalue weighted by Gasteiger charge is -2.39. The Morgan fingerprint density at radius 1 is 0.971 bits per heavy atom. The van der Waals surface area contributed by atoms with Gasteiger partial charge in [-0.2, -0.15) is 0 Å². The Kier molecular flexibility index (Phi) is 4.70. The van der Waals surface area contributed by atoms with Crippen LogP contribution in [0.25, 0.3) is 10.4 Å². The van der Waals surface area contributed by atoms with Crippen LogP contribution in [0, 0.1) is 5.41 Å². The summed E-state index contributed by atoms with van der Waals surface area (Å²) < 4.78 is 6.44. The molecular weight excluding hydrogens is 458 g/mol. The van der Waals surface area contributed by atoms with Gasteiger partial charge in [0.2, 0.25) is 0 Å². The fourth-order valence-corrected chi connectivity index (χ4v) is 6.37. The Balaban J connectivity index is 1.16. The molecule has 4 heterocycles. The van der Waals surface area contributed by atoms with Crippen LogP contribution in [0.2, 0.25) is 0 Å². The first-order chi connectivity index (χ1) is 17.0. The molecule has 9 heteroatoms. The third-order valence-corrected chi connectivity index (χ3v) is 8.82. The van der Waals surface area contributed by atoms with E-state index in [0.717, 1.165) is 73.3 Å². The average molecular weight is 488 g/mol. The molecule has 2 saturated heterocycles. The Morgan fingerprint density at radius 3 is 2.43 bits per heavy atom. The van der Waals surface area contributed by atoms with Crippen LogP contribution in [0.5, 0.6) is 0 Å². The Bertz CT molecular complexity index is 1290. The number of hydrogen-bond acceptors (Lipinski definition) is 9. The zero-order chi connectivity index (χ0) is 23.6. The molecule has 0 amide bonds. The number of nitrogens with two attached hydrogens (primary N) is 1. The van der Waals surface area contributed by atoms with E-state index in [2.05, 4.69) is 24.8 Å². The summed E-state index contributed by atoms with van der Waals surface area (Å²) in [5, 5.41) is 10.0. The molecule has 0 radical (unpaired) electrons. The van der Waals surface area contributed by atoms with E-state index < -0.39 is 0 Å². The average Bonchev–Trinajstić information content (AvgIpc) is 3.60. The maximum atomic E-state index is 8.97. The van der Waals surface area contributed by atoms with Crippen molar-refractivity contribution in [1.82, 2.24) is 15.0 Å². The van der Waals surface area contributed by atoms with Crippen molar-refractivity contribution in [1.29, 1.82) is 5.41 Å². The highest BCUT2D eigenvalue weighted by Crippen LogP contribution is 2.54. The van der Waals surface area contributed by atoms with Crippen molar-refractivity contribution in [2.24, 2.45) is 0 Å². The van der Waals surface area contributed by atoms with E-state index in [9.17, 15) is 0 Å². The lowest BCUT2D eigenvalue weighted by molar-refractivity contribution is -0.0608. The Labute approximate surface area is 208 Å². The number of hydrogen-bond donors (Lipinski definition) is 2. The number of nitrogens with one attached hydrogen (secondary N) is 1. The van der Waals surface area contributed by atoms with E-state index in [1.165, 1.54) is 12.8 Å². The quantitative estimate of drug-likeness (QED) is 0.412. The predicted molar refractivity (Wildman–Crippen MR) is 139 cm³/mol.